The second kappa shape index (κ2) is 6.51. The van der Waals surface area contributed by atoms with Gasteiger partial charge in [-0.2, -0.15) is 0 Å². The molecule has 2 aromatic rings. The number of hydrogen-bond acceptors (Lipinski definition) is 6. The number of nitro groups is 1. The summed E-state index contributed by atoms with van der Waals surface area (Å²) in [5.74, 6) is -0.469. The second-order valence-electron chi connectivity index (χ2n) is 4.28. The van der Waals surface area contributed by atoms with Crippen LogP contribution < -0.4 is 10.6 Å². The van der Waals surface area contributed by atoms with E-state index in [9.17, 15) is 14.9 Å². The summed E-state index contributed by atoms with van der Waals surface area (Å²) in [6.45, 7) is 2.58. The summed E-state index contributed by atoms with van der Waals surface area (Å²) in [6, 6.07) is 4.28. The van der Waals surface area contributed by atoms with E-state index in [2.05, 4.69) is 20.3 Å². The van der Waals surface area contributed by atoms with Crippen LogP contribution in [0, 0.1) is 10.1 Å². The van der Waals surface area contributed by atoms with Gasteiger partial charge in [0.15, 0.2) is 0 Å². The number of aromatic nitrogens is 1. The van der Waals surface area contributed by atoms with Crippen LogP contribution in [0.2, 0.25) is 0 Å². The topological polar surface area (TPSA) is 110 Å². The number of nitrogens with one attached hydrogen (secondary N) is 2. The van der Waals surface area contributed by atoms with Crippen molar-refractivity contribution in [3.63, 3.8) is 0 Å². The molecule has 8 nitrogen and oxygen atoms in total. The van der Waals surface area contributed by atoms with Crippen molar-refractivity contribution in [3.05, 3.63) is 46.3 Å². The Morgan fingerprint density at radius 3 is 2.90 bits per heavy atom. The summed E-state index contributed by atoms with van der Waals surface area (Å²) in [5.41, 5.74) is 0.825. The maximum Gasteiger partial charge on any atom is 0.293 e. The molecule has 1 amide bonds. The number of amides is 1. The minimum absolute atomic E-state index is 0.138. The molecule has 0 atom stereocenters. The number of hydrogen-bond donors (Lipinski definition) is 2. The predicted molar refractivity (Wildman–Crippen MR) is 76.3 cm³/mol. The standard InChI is InChI=1S/C13H14N4O4/c1-2-5-14-11-4-3-9(6-12(11)17(19)20)13(18)16-10-7-15-21-8-10/h3-4,6-8,14H,2,5H2,1H3,(H,16,18). The number of nitrogens with zero attached hydrogens (tertiary/aromatic N) is 2. The van der Waals surface area contributed by atoms with Gasteiger partial charge in [-0.3, -0.25) is 14.9 Å². The lowest BCUT2D eigenvalue weighted by Gasteiger charge is -2.07. The molecule has 1 aromatic carbocycles. The number of carbonyl (C=O) groups excluding carboxylic acids is 1. The van der Waals surface area contributed by atoms with Gasteiger partial charge in [0.1, 0.15) is 17.6 Å². The van der Waals surface area contributed by atoms with Crippen molar-refractivity contribution in [2.75, 3.05) is 17.2 Å². The second-order valence-corrected chi connectivity index (χ2v) is 4.28. The normalized spacial score (nSPS) is 10.1. The average Bonchev–Trinajstić information content (AvgIpc) is 2.97. The van der Waals surface area contributed by atoms with E-state index < -0.39 is 10.8 Å². The van der Waals surface area contributed by atoms with Crippen molar-refractivity contribution in [3.8, 4) is 0 Å². The molecule has 0 bridgehead atoms. The summed E-state index contributed by atoms with van der Waals surface area (Å²) in [7, 11) is 0. The Morgan fingerprint density at radius 2 is 2.29 bits per heavy atom. The van der Waals surface area contributed by atoms with Crippen LogP contribution in [-0.2, 0) is 0 Å². The Labute approximate surface area is 120 Å². The average molecular weight is 290 g/mol. The predicted octanol–water partition coefficient (Wildman–Crippen LogP) is 2.66. The number of rotatable bonds is 6. The van der Waals surface area contributed by atoms with Crippen LogP contribution >= 0.6 is 0 Å². The third-order valence-corrected chi connectivity index (χ3v) is 2.71. The molecule has 0 saturated carbocycles. The summed E-state index contributed by atoms with van der Waals surface area (Å²) in [6.07, 6.45) is 3.44. The van der Waals surface area contributed by atoms with Gasteiger partial charge >= 0.3 is 0 Å². The van der Waals surface area contributed by atoms with E-state index in [4.69, 9.17) is 0 Å². The van der Waals surface area contributed by atoms with Crippen LogP contribution in [0.3, 0.4) is 0 Å². The molecular formula is C13H14N4O4. The lowest BCUT2D eigenvalue weighted by atomic mass is 10.1. The van der Waals surface area contributed by atoms with Gasteiger partial charge in [-0.15, -0.1) is 0 Å². The third-order valence-electron chi connectivity index (χ3n) is 2.71. The number of benzene rings is 1. The zero-order valence-electron chi connectivity index (χ0n) is 11.3. The quantitative estimate of drug-likeness (QED) is 0.625. The Hall–Kier alpha value is -2.90. The van der Waals surface area contributed by atoms with Crippen LogP contribution in [-0.4, -0.2) is 22.5 Å². The zero-order valence-corrected chi connectivity index (χ0v) is 11.3. The first-order valence-corrected chi connectivity index (χ1v) is 6.35. The van der Waals surface area contributed by atoms with Crippen LogP contribution in [0.4, 0.5) is 17.1 Å². The number of anilines is 2. The fraction of sp³-hybridized carbons (Fsp3) is 0.231. The third kappa shape index (κ3) is 3.56. The van der Waals surface area contributed by atoms with Crippen molar-refractivity contribution in [1.29, 1.82) is 0 Å². The van der Waals surface area contributed by atoms with E-state index in [1.54, 1.807) is 0 Å². The Balaban J connectivity index is 2.22. The van der Waals surface area contributed by atoms with Gasteiger partial charge in [0.05, 0.1) is 11.1 Å². The van der Waals surface area contributed by atoms with Gasteiger partial charge in [-0.25, -0.2) is 0 Å². The first kappa shape index (κ1) is 14.5. The Kier molecular flexibility index (Phi) is 4.50. The van der Waals surface area contributed by atoms with Crippen molar-refractivity contribution in [1.82, 2.24) is 5.16 Å². The van der Waals surface area contributed by atoms with Gasteiger partial charge in [-0.1, -0.05) is 12.1 Å². The first-order valence-electron chi connectivity index (χ1n) is 6.35. The molecule has 0 unspecified atom stereocenters. The lowest BCUT2D eigenvalue weighted by Crippen LogP contribution is -2.12. The first-order chi connectivity index (χ1) is 10.1. The molecule has 0 aliphatic heterocycles. The molecule has 1 heterocycles. The van der Waals surface area contributed by atoms with E-state index >= 15 is 0 Å². The highest BCUT2D eigenvalue weighted by molar-refractivity contribution is 6.04. The van der Waals surface area contributed by atoms with E-state index in [0.29, 0.717) is 17.9 Å². The SMILES string of the molecule is CCCNc1ccc(C(=O)Nc2cnoc2)cc1[N+](=O)[O-]. The van der Waals surface area contributed by atoms with Gasteiger partial charge in [0.2, 0.25) is 0 Å². The molecule has 1 aromatic heterocycles. The van der Waals surface area contributed by atoms with Crippen LogP contribution in [0.15, 0.2) is 35.2 Å². The molecule has 0 aliphatic carbocycles. The highest BCUT2D eigenvalue weighted by Gasteiger charge is 2.17. The lowest BCUT2D eigenvalue weighted by molar-refractivity contribution is -0.384. The minimum Gasteiger partial charge on any atom is -0.380 e. The van der Waals surface area contributed by atoms with Gasteiger partial charge in [0, 0.05) is 18.2 Å². The summed E-state index contributed by atoms with van der Waals surface area (Å²) in [4.78, 5) is 22.6. The zero-order chi connectivity index (χ0) is 15.2. The maximum absolute atomic E-state index is 12.0. The van der Waals surface area contributed by atoms with E-state index in [-0.39, 0.29) is 11.3 Å². The smallest absolute Gasteiger partial charge is 0.293 e. The van der Waals surface area contributed by atoms with Crippen LogP contribution in [0.5, 0.6) is 0 Å². The Morgan fingerprint density at radius 1 is 1.48 bits per heavy atom. The van der Waals surface area contributed by atoms with Gasteiger partial charge < -0.3 is 15.2 Å². The maximum atomic E-state index is 12.0. The van der Waals surface area contributed by atoms with Crippen molar-refractivity contribution >= 4 is 23.0 Å². The minimum atomic E-state index is -0.520. The van der Waals surface area contributed by atoms with Crippen LogP contribution in [0.25, 0.3) is 0 Å². The molecule has 0 radical (unpaired) electrons. The molecule has 0 aliphatic rings. The van der Waals surface area contributed by atoms with Crippen molar-refractivity contribution in [2.24, 2.45) is 0 Å². The molecular weight excluding hydrogens is 276 g/mol. The summed E-state index contributed by atoms with van der Waals surface area (Å²) in [5, 5.41) is 20.0. The summed E-state index contributed by atoms with van der Waals surface area (Å²) < 4.78 is 4.59. The highest BCUT2D eigenvalue weighted by atomic mass is 16.6. The molecule has 0 saturated heterocycles. The molecule has 110 valence electrons. The Bertz CT molecular complexity index is 640. The van der Waals surface area contributed by atoms with Crippen molar-refractivity contribution in [2.45, 2.75) is 13.3 Å². The van der Waals surface area contributed by atoms with Crippen LogP contribution in [0.1, 0.15) is 23.7 Å². The molecule has 0 fully saturated rings. The van der Waals surface area contributed by atoms with Gasteiger partial charge in [-0.05, 0) is 18.6 Å². The number of carbonyl (C=O) groups is 1. The monoisotopic (exact) mass is 290 g/mol. The molecule has 21 heavy (non-hydrogen) atoms. The largest absolute Gasteiger partial charge is 0.380 e. The van der Waals surface area contributed by atoms with E-state index in [0.717, 1.165) is 6.42 Å². The van der Waals surface area contributed by atoms with E-state index in [1.165, 1.54) is 30.7 Å². The van der Waals surface area contributed by atoms with E-state index in [1.807, 2.05) is 6.92 Å². The summed E-state index contributed by atoms with van der Waals surface area (Å²) >= 11 is 0. The molecule has 8 heteroatoms. The van der Waals surface area contributed by atoms with Crippen molar-refractivity contribution < 1.29 is 14.2 Å². The molecule has 2 rings (SSSR count). The highest BCUT2D eigenvalue weighted by Crippen LogP contribution is 2.26. The molecule has 0 spiro atoms. The fourth-order valence-corrected chi connectivity index (χ4v) is 1.70. The fourth-order valence-electron chi connectivity index (χ4n) is 1.70. The van der Waals surface area contributed by atoms with Gasteiger partial charge in [0.25, 0.3) is 11.6 Å². The molecule has 2 N–H and O–H groups in total. The number of nitro benzene ring substituents is 1.